The highest BCUT2D eigenvalue weighted by molar-refractivity contribution is 4.91. The minimum absolute atomic E-state index is 0.262. The zero-order valence-electron chi connectivity index (χ0n) is 10.4. The van der Waals surface area contributed by atoms with Crippen LogP contribution >= 0.6 is 0 Å². The van der Waals surface area contributed by atoms with E-state index >= 15 is 0 Å². The maximum Gasteiger partial charge on any atom is 0.108 e. The molecule has 0 bridgehead atoms. The van der Waals surface area contributed by atoms with Crippen LogP contribution in [-0.4, -0.2) is 34.5 Å². The van der Waals surface area contributed by atoms with Crippen LogP contribution in [0.25, 0.3) is 0 Å². The van der Waals surface area contributed by atoms with E-state index in [4.69, 9.17) is 4.74 Å². The van der Waals surface area contributed by atoms with Gasteiger partial charge in [-0.1, -0.05) is 6.92 Å². The third-order valence-electron chi connectivity index (χ3n) is 2.75. The molecule has 4 heteroatoms. The number of aliphatic hydroxyl groups is 1. The number of aryl methyl sites for hydroxylation is 2. The van der Waals surface area contributed by atoms with Crippen molar-refractivity contribution in [2.75, 3.05) is 13.7 Å². The van der Waals surface area contributed by atoms with Crippen molar-refractivity contribution < 1.29 is 9.84 Å². The molecule has 16 heavy (non-hydrogen) atoms. The fourth-order valence-electron chi connectivity index (χ4n) is 1.87. The lowest BCUT2D eigenvalue weighted by Gasteiger charge is -2.15. The predicted octanol–water partition coefficient (Wildman–Crippen LogP) is 1.39. The van der Waals surface area contributed by atoms with Crippen molar-refractivity contribution in [3.05, 3.63) is 18.2 Å². The van der Waals surface area contributed by atoms with Gasteiger partial charge in [0.05, 0.1) is 6.10 Å². The average molecular weight is 226 g/mol. The molecule has 1 N–H and O–H groups in total. The summed E-state index contributed by atoms with van der Waals surface area (Å²) in [7, 11) is 3.67. The Morgan fingerprint density at radius 2 is 2.31 bits per heavy atom. The van der Waals surface area contributed by atoms with Gasteiger partial charge >= 0.3 is 0 Å². The van der Waals surface area contributed by atoms with Gasteiger partial charge in [0.15, 0.2) is 0 Å². The van der Waals surface area contributed by atoms with E-state index in [0.29, 0.717) is 12.5 Å². The van der Waals surface area contributed by atoms with E-state index in [9.17, 15) is 5.11 Å². The monoisotopic (exact) mass is 226 g/mol. The van der Waals surface area contributed by atoms with Crippen molar-refractivity contribution >= 4 is 0 Å². The first-order valence-electron chi connectivity index (χ1n) is 5.76. The van der Waals surface area contributed by atoms with Gasteiger partial charge in [0.25, 0.3) is 0 Å². The number of methoxy groups -OCH3 is 1. The van der Waals surface area contributed by atoms with Crippen LogP contribution in [0, 0.1) is 5.92 Å². The smallest absolute Gasteiger partial charge is 0.108 e. The summed E-state index contributed by atoms with van der Waals surface area (Å²) in [4.78, 5) is 4.23. The number of ether oxygens (including phenoxy) is 1. The van der Waals surface area contributed by atoms with Crippen molar-refractivity contribution in [3.63, 3.8) is 0 Å². The van der Waals surface area contributed by atoms with Crippen LogP contribution in [0.4, 0.5) is 0 Å². The molecule has 0 aliphatic rings. The molecular weight excluding hydrogens is 204 g/mol. The minimum atomic E-state index is -0.262. The molecular formula is C12H22N2O2. The van der Waals surface area contributed by atoms with Gasteiger partial charge in [0.1, 0.15) is 5.82 Å². The van der Waals surface area contributed by atoms with E-state index in [1.165, 1.54) is 0 Å². The topological polar surface area (TPSA) is 47.3 Å². The van der Waals surface area contributed by atoms with Crippen LogP contribution in [0.15, 0.2) is 12.4 Å². The summed E-state index contributed by atoms with van der Waals surface area (Å²) in [5.41, 5.74) is 0. The highest BCUT2D eigenvalue weighted by Gasteiger charge is 2.11. The first kappa shape index (κ1) is 13.2. The van der Waals surface area contributed by atoms with Crippen LogP contribution in [0.5, 0.6) is 0 Å². The molecule has 0 radical (unpaired) electrons. The fraction of sp³-hybridized carbons (Fsp3) is 0.750. The van der Waals surface area contributed by atoms with Gasteiger partial charge in [0, 0.05) is 39.6 Å². The summed E-state index contributed by atoms with van der Waals surface area (Å²) in [5, 5.41) is 9.84. The molecule has 1 aromatic heterocycles. The number of hydrogen-bond acceptors (Lipinski definition) is 3. The molecule has 1 heterocycles. The maximum absolute atomic E-state index is 9.84. The zero-order chi connectivity index (χ0) is 12.0. The fourth-order valence-corrected chi connectivity index (χ4v) is 1.87. The SMILES string of the molecule is COCC(C)CC(O)CCc1nccn1C. The second-order valence-electron chi connectivity index (χ2n) is 4.44. The molecule has 1 aromatic rings. The van der Waals surface area contributed by atoms with E-state index in [1.807, 2.05) is 17.8 Å². The summed E-state index contributed by atoms with van der Waals surface area (Å²) in [5.74, 6) is 1.43. The summed E-state index contributed by atoms with van der Waals surface area (Å²) < 4.78 is 7.04. The van der Waals surface area contributed by atoms with Crippen molar-refractivity contribution in [1.82, 2.24) is 9.55 Å². The summed E-state index contributed by atoms with van der Waals surface area (Å²) in [6.07, 6.45) is 5.83. The quantitative estimate of drug-likeness (QED) is 0.764. The second-order valence-corrected chi connectivity index (χ2v) is 4.44. The Bertz CT molecular complexity index is 299. The Morgan fingerprint density at radius 3 is 2.88 bits per heavy atom. The maximum atomic E-state index is 9.84. The van der Waals surface area contributed by atoms with Crippen molar-refractivity contribution in [2.24, 2.45) is 13.0 Å². The Balaban J connectivity index is 2.25. The van der Waals surface area contributed by atoms with Crippen molar-refractivity contribution in [2.45, 2.75) is 32.3 Å². The first-order chi connectivity index (χ1) is 7.63. The van der Waals surface area contributed by atoms with E-state index in [2.05, 4.69) is 11.9 Å². The number of imidazole rings is 1. The third-order valence-corrected chi connectivity index (χ3v) is 2.75. The van der Waals surface area contributed by atoms with Crippen molar-refractivity contribution in [1.29, 1.82) is 0 Å². The minimum Gasteiger partial charge on any atom is -0.393 e. The first-order valence-corrected chi connectivity index (χ1v) is 5.76. The Hall–Kier alpha value is -0.870. The van der Waals surface area contributed by atoms with Gasteiger partial charge in [-0.25, -0.2) is 4.98 Å². The third kappa shape index (κ3) is 4.33. The summed E-state index contributed by atoms with van der Waals surface area (Å²) in [6, 6.07) is 0. The van der Waals surface area contributed by atoms with Gasteiger partial charge < -0.3 is 14.4 Å². The largest absolute Gasteiger partial charge is 0.393 e. The normalized spacial score (nSPS) is 15.0. The van der Waals surface area contributed by atoms with Gasteiger partial charge in [-0.05, 0) is 18.8 Å². The number of hydrogen-bond donors (Lipinski definition) is 1. The van der Waals surface area contributed by atoms with E-state index in [0.717, 1.165) is 25.1 Å². The van der Waals surface area contributed by atoms with Crippen LogP contribution < -0.4 is 0 Å². The lowest BCUT2D eigenvalue weighted by Crippen LogP contribution is -2.16. The highest BCUT2D eigenvalue weighted by atomic mass is 16.5. The molecule has 0 spiro atoms. The van der Waals surface area contributed by atoms with Gasteiger partial charge in [-0.3, -0.25) is 0 Å². The Labute approximate surface area is 97.3 Å². The standard InChI is InChI=1S/C12H22N2O2/c1-10(9-16-3)8-11(15)4-5-12-13-6-7-14(12)2/h6-7,10-11,15H,4-5,8-9H2,1-3H3. The molecule has 2 unspecified atom stereocenters. The lowest BCUT2D eigenvalue weighted by atomic mass is 10.0. The average Bonchev–Trinajstić information content (AvgIpc) is 2.61. The van der Waals surface area contributed by atoms with E-state index < -0.39 is 0 Å². The Morgan fingerprint density at radius 1 is 1.56 bits per heavy atom. The summed E-state index contributed by atoms with van der Waals surface area (Å²) >= 11 is 0. The van der Waals surface area contributed by atoms with E-state index in [-0.39, 0.29) is 6.10 Å². The Kier molecular flexibility index (Phi) is 5.49. The predicted molar refractivity (Wildman–Crippen MR) is 63.2 cm³/mol. The number of aromatic nitrogens is 2. The molecule has 0 saturated heterocycles. The molecule has 0 fully saturated rings. The van der Waals surface area contributed by atoms with Crippen molar-refractivity contribution in [3.8, 4) is 0 Å². The van der Waals surface area contributed by atoms with Gasteiger partial charge in [-0.15, -0.1) is 0 Å². The second kappa shape index (κ2) is 6.66. The van der Waals surface area contributed by atoms with Crippen LogP contribution in [-0.2, 0) is 18.2 Å². The number of rotatable bonds is 7. The molecule has 0 saturated carbocycles. The zero-order valence-corrected chi connectivity index (χ0v) is 10.4. The molecule has 0 aliphatic heterocycles. The molecule has 92 valence electrons. The molecule has 4 nitrogen and oxygen atoms in total. The molecule has 0 amide bonds. The molecule has 0 aromatic carbocycles. The number of nitrogens with zero attached hydrogens (tertiary/aromatic N) is 2. The highest BCUT2D eigenvalue weighted by Crippen LogP contribution is 2.11. The molecule has 1 rings (SSSR count). The van der Waals surface area contributed by atoms with Crippen LogP contribution in [0.3, 0.4) is 0 Å². The van der Waals surface area contributed by atoms with Gasteiger partial charge in [-0.2, -0.15) is 0 Å². The van der Waals surface area contributed by atoms with Crippen LogP contribution in [0.2, 0.25) is 0 Å². The molecule has 2 atom stereocenters. The van der Waals surface area contributed by atoms with Gasteiger partial charge in [0.2, 0.25) is 0 Å². The van der Waals surface area contributed by atoms with E-state index in [1.54, 1.807) is 13.3 Å². The summed E-state index contributed by atoms with van der Waals surface area (Å²) in [6.45, 7) is 2.80. The molecule has 0 aliphatic carbocycles. The van der Waals surface area contributed by atoms with Crippen LogP contribution in [0.1, 0.15) is 25.6 Å². The lowest BCUT2D eigenvalue weighted by molar-refractivity contribution is 0.0963. The number of aliphatic hydroxyl groups excluding tert-OH is 1.